The lowest BCUT2D eigenvalue weighted by Crippen LogP contribution is -2.11. The van der Waals surface area contributed by atoms with Gasteiger partial charge in [0, 0.05) is 17.8 Å². The maximum absolute atomic E-state index is 5.91. The van der Waals surface area contributed by atoms with E-state index in [0.29, 0.717) is 5.15 Å². The molecule has 0 fully saturated rings. The molecule has 2 N–H and O–H groups in total. The smallest absolute Gasteiger partial charge is 0.133 e. The minimum Gasteiger partial charge on any atom is -0.324 e. The van der Waals surface area contributed by atoms with Gasteiger partial charge in [0.1, 0.15) is 5.15 Å². The fourth-order valence-corrected chi connectivity index (χ4v) is 1.42. The molecule has 4 heteroatoms. The highest BCUT2D eigenvalue weighted by Crippen LogP contribution is 2.22. The molecular weight excluding hydrogens is 219 g/mol. The van der Waals surface area contributed by atoms with E-state index in [-0.39, 0.29) is 18.4 Å². The van der Waals surface area contributed by atoms with Crippen LogP contribution in [0.1, 0.15) is 24.9 Å². The van der Waals surface area contributed by atoms with Gasteiger partial charge in [-0.2, -0.15) is 0 Å². The molecule has 1 heterocycles. The maximum Gasteiger partial charge on any atom is 0.133 e. The number of nitrogens with zero attached hydrogens (tertiary/aromatic N) is 1. The molecule has 0 saturated carbocycles. The molecule has 0 amide bonds. The van der Waals surface area contributed by atoms with Crippen LogP contribution in [0.25, 0.3) is 0 Å². The Balaban J connectivity index is 0.00000169. The quantitative estimate of drug-likeness (QED) is 0.643. The average Bonchev–Trinajstić information content (AvgIpc) is 2.03. The molecule has 0 spiro atoms. The predicted molar refractivity (Wildman–Crippen MR) is 62.9 cm³/mol. The zero-order chi connectivity index (χ0) is 9.84. The summed E-state index contributed by atoms with van der Waals surface area (Å²) in [5, 5.41) is 0.483. The van der Waals surface area contributed by atoms with Gasteiger partial charge in [-0.3, -0.25) is 0 Å². The number of pyridine rings is 1. The van der Waals surface area contributed by atoms with Crippen molar-refractivity contribution in [2.75, 3.05) is 0 Å². The molecule has 0 bridgehead atoms. The van der Waals surface area contributed by atoms with Gasteiger partial charge in [0.15, 0.2) is 0 Å². The largest absolute Gasteiger partial charge is 0.324 e. The van der Waals surface area contributed by atoms with Gasteiger partial charge in [-0.15, -0.1) is 19.0 Å². The summed E-state index contributed by atoms with van der Waals surface area (Å²) in [5.74, 6) is 0. The predicted octanol–water partition coefficient (Wildman–Crippen LogP) is 3.12. The van der Waals surface area contributed by atoms with Crippen LogP contribution in [0.4, 0.5) is 0 Å². The summed E-state index contributed by atoms with van der Waals surface area (Å²) in [7, 11) is 0. The van der Waals surface area contributed by atoms with E-state index >= 15 is 0 Å². The number of halogens is 2. The van der Waals surface area contributed by atoms with Crippen LogP contribution in [0, 0.1) is 0 Å². The summed E-state index contributed by atoms with van der Waals surface area (Å²) in [6.07, 6.45) is 2.39. The van der Waals surface area contributed by atoms with Gasteiger partial charge >= 0.3 is 0 Å². The molecular formula is C10H14Cl2N2. The van der Waals surface area contributed by atoms with Crippen molar-refractivity contribution in [3.63, 3.8) is 0 Å². The van der Waals surface area contributed by atoms with Gasteiger partial charge in [-0.1, -0.05) is 23.2 Å². The van der Waals surface area contributed by atoms with Crippen LogP contribution in [0.2, 0.25) is 5.15 Å². The molecule has 0 aliphatic rings. The first kappa shape index (κ1) is 13.4. The third kappa shape index (κ3) is 3.66. The Morgan fingerprint density at radius 1 is 1.71 bits per heavy atom. The van der Waals surface area contributed by atoms with Gasteiger partial charge < -0.3 is 5.73 Å². The number of hydrogen-bond acceptors (Lipinski definition) is 2. The van der Waals surface area contributed by atoms with Crippen LogP contribution in [0.15, 0.2) is 30.5 Å². The molecule has 14 heavy (non-hydrogen) atoms. The third-order valence-corrected chi connectivity index (χ3v) is 2.07. The summed E-state index contributed by atoms with van der Waals surface area (Å²) < 4.78 is 0. The molecule has 1 rings (SSSR count). The topological polar surface area (TPSA) is 38.9 Å². The first-order valence-corrected chi connectivity index (χ1v) is 4.49. The monoisotopic (exact) mass is 232 g/mol. The van der Waals surface area contributed by atoms with Gasteiger partial charge in [-0.25, -0.2) is 4.98 Å². The molecule has 0 saturated heterocycles. The molecule has 1 atom stereocenters. The summed E-state index contributed by atoms with van der Waals surface area (Å²) >= 11 is 5.88. The van der Waals surface area contributed by atoms with Crippen molar-refractivity contribution < 1.29 is 0 Å². The van der Waals surface area contributed by atoms with E-state index in [1.165, 1.54) is 0 Å². The summed E-state index contributed by atoms with van der Waals surface area (Å²) in [4.78, 5) is 3.96. The van der Waals surface area contributed by atoms with Crippen LogP contribution < -0.4 is 5.73 Å². The van der Waals surface area contributed by atoms with Crippen molar-refractivity contribution in [2.45, 2.75) is 19.4 Å². The fraction of sp³-hybridized carbons (Fsp3) is 0.300. The Morgan fingerprint density at radius 3 is 2.86 bits per heavy atom. The lowest BCUT2D eigenvalue weighted by atomic mass is 10.0. The summed E-state index contributed by atoms with van der Waals surface area (Å²) in [5.41, 5.74) is 7.84. The molecule has 0 aromatic carbocycles. The van der Waals surface area contributed by atoms with E-state index in [1.54, 1.807) is 6.20 Å². The number of rotatable bonds is 3. The van der Waals surface area contributed by atoms with Gasteiger partial charge in [0.05, 0.1) is 0 Å². The van der Waals surface area contributed by atoms with Crippen LogP contribution >= 0.6 is 24.0 Å². The van der Waals surface area contributed by atoms with E-state index in [4.69, 9.17) is 17.3 Å². The van der Waals surface area contributed by atoms with E-state index in [1.807, 2.05) is 19.1 Å². The Kier molecular flexibility index (Phi) is 5.77. The SMILES string of the molecule is C=C(C)C[C@@H](N)c1cccnc1Cl.Cl. The number of hydrogen-bond donors (Lipinski definition) is 1. The van der Waals surface area contributed by atoms with Crippen molar-refractivity contribution in [1.82, 2.24) is 4.98 Å². The second kappa shape index (κ2) is 6.02. The molecule has 0 aliphatic carbocycles. The maximum atomic E-state index is 5.91. The molecule has 0 radical (unpaired) electrons. The van der Waals surface area contributed by atoms with Crippen LogP contribution in [0.3, 0.4) is 0 Å². The van der Waals surface area contributed by atoms with Crippen molar-refractivity contribution in [3.05, 3.63) is 41.2 Å². The van der Waals surface area contributed by atoms with Gasteiger partial charge in [0.25, 0.3) is 0 Å². The second-order valence-electron chi connectivity index (χ2n) is 3.15. The van der Waals surface area contributed by atoms with Gasteiger partial charge in [-0.05, 0) is 19.4 Å². The van der Waals surface area contributed by atoms with Crippen molar-refractivity contribution in [2.24, 2.45) is 5.73 Å². The highest BCUT2D eigenvalue weighted by atomic mass is 35.5. The minimum absolute atomic E-state index is 0. The van der Waals surface area contributed by atoms with Crippen molar-refractivity contribution in [1.29, 1.82) is 0 Å². The molecule has 2 nitrogen and oxygen atoms in total. The van der Waals surface area contributed by atoms with Crippen molar-refractivity contribution in [3.8, 4) is 0 Å². The number of nitrogens with two attached hydrogens (primary N) is 1. The lowest BCUT2D eigenvalue weighted by molar-refractivity contribution is 0.714. The standard InChI is InChI=1S/C10H13ClN2.ClH/c1-7(2)6-9(12)8-4-3-5-13-10(8)11;/h3-5,9H,1,6,12H2,2H3;1H/t9-;/m1./s1. The number of aromatic nitrogens is 1. The van der Waals surface area contributed by atoms with E-state index < -0.39 is 0 Å². The van der Waals surface area contributed by atoms with Crippen LogP contribution in [-0.2, 0) is 0 Å². The van der Waals surface area contributed by atoms with E-state index in [0.717, 1.165) is 17.6 Å². The van der Waals surface area contributed by atoms with Crippen LogP contribution in [-0.4, -0.2) is 4.98 Å². The molecule has 1 aromatic heterocycles. The average molecular weight is 233 g/mol. The highest BCUT2D eigenvalue weighted by molar-refractivity contribution is 6.30. The first-order valence-electron chi connectivity index (χ1n) is 4.11. The Labute approximate surface area is 95.6 Å². The van der Waals surface area contributed by atoms with E-state index in [9.17, 15) is 0 Å². The zero-order valence-electron chi connectivity index (χ0n) is 8.03. The normalized spacial score (nSPS) is 11.6. The first-order chi connectivity index (χ1) is 6.11. The Hall–Kier alpha value is -0.570. The minimum atomic E-state index is -0.0984. The summed E-state index contributed by atoms with van der Waals surface area (Å²) in [6.45, 7) is 5.76. The summed E-state index contributed by atoms with van der Waals surface area (Å²) in [6, 6.07) is 3.63. The fourth-order valence-electron chi connectivity index (χ4n) is 1.16. The highest BCUT2D eigenvalue weighted by Gasteiger charge is 2.09. The molecule has 0 unspecified atom stereocenters. The third-order valence-electron chi connectivity index (χ3n) is 1.76. The van der Waals surface area contributed by atoms with Crippen molar-refractivity contribution >= 4 is 24.0 Å². The zero-order valence-corrected chi connectivity index (χ0v) is 9.61. The van der Waals surface area contributed by atoms with Gasteiger partial charge in [0.2, 0.25) is 0 Å². The second-order valence-corrected chi connectivity index (χ2v) is 3.51. The molecule has 1 aromatic rings. The molecule has 78 valence electrons. The Morgan fingerprint density at radius 2 is 2.36 bits per heavy atom. The Bertz CT molecular complexity index is 313. The molecule has 0 aliphatic heterocycles. The van der Waals surface area contributed by atoms with E-state index in [2.05, 4.69) is 11.6 Å². The van der Waals surface area contributed by atoms with Crippen LogP contribution in [0.5, 0.6) is 0 Å². The lowest BCUT2D eigenvalue weighted by Gasteiger charge is -2.12.